The topological polar surface area (TPSA) is 298 Å². The molecule has 12 rings (SSSR count). The highest BCUT2D eigenvalue weighted by molar-refractivity contribution is 7.82. The second-order valence-corrected chi connectivity index (χ2v) is 25.6. The fourth-order valence-electron chi connectivity index (χ4n) is 12.1. The van der Waals surface area contributed by atoms with Gasteiger partial charge in [0.2, 0.25) is 6.29 Å². The van der Waals surface area contributed by atoms with Gasteiger partial charge in [0.05, 0.1) is 95.1 Å². The number of ketones is 1. The number of aliphatic imine (C=N–C) groups is 2. The van der Waals surface area contributed by atoms with Crippen molar-refractivity contribution in [3.63, 3.8) is 0 Å². The van der Waals surface area contributed by atoms with E-state index in [4.69, 9.17) is 55.6 Å². The third-order valence-electron chi connectivity index (χ3n) is 16.7. The summed E-state index contributed by atoms with van der Waals surface area (Å²) in [5, 5.41) is 41.2. The number of quaternary nitrogens is 1. The zero-order chi connectivity index (χ0) is 64.8. The van der Waals surface area contributed by atoms with Gasteiger partial charge < -0.3 is 80.3 Å². The van der Waals surface area contributed by atoms with Crippen molar-refractivity contribution < 1.29 is 93.3 Å². The third-order valence-corrected chi connectivity index (χ3v) is 17.4. The third kappa shape index (κ3) is 13.5. The lowest BCUT2D eigenvalue weighted by Crippen LogP contribution is -2.60. The van der Waals surface area contributed by atoms with Crippen molar-refractivity contribution in [2.45, 2.75) is 115 Å². The van der Waals surface area contributed by atoms with E-state index in [0.29, 0.717) is 89.0 Å². The van der Waals surface area contributed by atoms with Crippen LogP contribution in [0.4, 0.5) is 11.4 Å². The maximum Gasteiger partial charge on any atom is 0.501 e. The Kier molecular flexibility index (Phi) is 17.8. The minimum absolute atomic E-state index is 0.0365. The molecule has 1 unspecified atom stereocenters. The number of hydrogen-bond acceptors (Lipinski definition) is 21. The van der Waals surface area contributed by atoms with Gasteiger partial charge in [-0.3, -0.25) is 24.4 Å². The molecule has 4 N–H and O–H groups in total. The first-order valence-electron chi connectivity index (χ1n) is 29.9. The number of carbonyl (C=O) groups excluding carboxylic acids is 3. The van der Waals surface area contributed by atoms with Crippen LogP contribution in [0.1, 0.15) is 96.2 Å². The molecule has 92 heavy (non-hydrogen) atoms. The lowest BCUT2D eigenvalue weighted by molar-refractivity contribution is -0.916. The van der Waals surface area contributed by atoms with Gasteiger partial charge in [-0.2, -0.15) is 0 Å². The van der Waals surface area contributed by atoms with Crippen LogP contribution in [0, 0.1) is 5.92 Å². The van der Waals surface area contributed by atoms with Gasteiger partial charge in [0, 0.05) is 71.6 Å². The summed E-state index contributed by atoms with van der Waals surface area (Å²) in [6.07, 6.45) is -0.433. The molecule has 0 aliphatic carbocycles. The average molecular weight is 1280 g/mol. The SMILES string of the molecule is COc1cc2c(cc1OCc1cc(COc3cc4c(cc3OC)C(=O)N3Cc5ccoc5C[C@H]3C=N4)cc(C[N+](C)(C)Cc3ccc(OS(=O)(=O)Oc4cc(C(=O)CC(C)C)ccc4OC4O[C@H](CO)[C@H](O)[C@H](O)[C@H]4O)cc3)c1)N=C[C@@H]1Cc3occc3CN1C2=O. The first-order chi connectivity index (χ1) is 44.1. The van der Waals surface area contributed by atoms with Gasteiger partial charge in [-0.05, 0) is 102 Å². The fourth-order valence-corrected chi connectivity index (χ4v) is 12.8. The number of Topliss-reactive ketones (excluding diaryl/α,β-unsaturated/α-hetero) is 1. The molecule has 1 saturated heterocycles. The van der Waals surface area contributed by atoms with Crippen LogP contribution in [0.5, 0.6) is 40.2 Å². The van der Waals surface area contributed by atoms with Crippen LogP contribution < -0.4 is 32.1 Å². The molecule has 0 spiro atoms. The van der Waals surface area contributed by atoms with Crippen LogP contribution in [-0.2, 0) is 67.4 Å². The molecule has 7 atom stereocenters. The highest BCUT2D eigenvalue weighted by atomic mass is 32.3. The van der Waals surface area contributed by atoms with E-state index < -0.39 is 53.5 Å². The van der Waals surface area contributed by atoms with Crippen molar-refractivity contribution in [2.24, 2.45) is 15.9 Å². The second kappa shape index (κ2) is 25.9. The number of nitrogens with zero attached hydrogens (tertiary/aromatic N) is 5. The van der Waals surface area contributed by atoms with Crippen molar-refractivity contribution >= 4 is 51.8 Å². The summed E-state index contributed by atoms with van der Waals surface area (Å²) in [5.41, 5.74) is 6.87. The summed E-state index contributed by atoms with van der Waals surface area (Å²) >= 11 is 0. The minimum atomic E-state index is -4.96. The number of ether oxygens (including phenoxy) is 6. The summed E-state index contributed by atoms with van der Waals surface area (Å²) in [4.78, 5) is 54.5. The van der Waals surface area contributed by atoms with Crippen LogP contribution in [0.3, 0.4) is 0 Å². The highest BCUT2D eigenvalue weighted by Gasteiger charge is 2.45. The lowest BCUT2D eigenvalue weighted by Gasteiger charge is -2.39. The summed E-state index contributed by atoms with van der Waals surface area (Å²) in [5.74, 6) is 1.39. The van der Waals surface area contributed by atoms with Gasteiger partial charge in [0.1, 0.15) is 68.0 Å². The number of aliphatic hydroxyl groups is 4. The monoisotopic (exact) mass is 1280 g/mol. The molecule has 5 aliphatic rings. The first-order valence-corrected chi connectivity index (χ1v) is 31.3. The van der Waals surface area contributed by atoms with Gasteiger partial charge in [0.25, 0.3) is 11.8 Å². The number of benzene rings is 5. The number of amides is 2. The Labute approximate surface area is 530 Å². The normalized spacial score (nSPS) is 20.8. The van der Waals surface area contributed by atoms with Crippen molar-refractivity contribution in [1.82, 2.24) is 9.80 Å². The van der Waals surface area contributed by atoms with Gasteiger partial charge in [-0.15, -0.1) is 8.42 Å². The minimum Gasteiger partial charge on any atom is -0.493 e. The Morgan fingerprint density at radius 2 is 1.18 bits per heavy atom. The van der Waals surface area contributed by atoms with Gasteiger partial charge >= 0.3 is 10.4 Å². The number of carbonyl (C=O) groups is 3. The zero-order valence-electron chi connectivity index (χ0n) is 51.3. The highest BCUT2D eigenvalue weighted by Crippen LogP contribution is 2.42. The fraction of sp³-hybridized carbons (Fsp3) is 0.358. The molecule has 2 aromatic heterocycles. The Balaban J connectivity index is 0.776. The smallest absolute Gasteiger partial charge is 0.493 e. The van der Waals surface area contributed by atoms with E-state index >= 15 is 0 Å². The Morgan fingerprint density at radius 1 is 0.641 bits per heavy atom. The van der Waals surface area contributed by atoms with E-state index in [9.17, 15) is 43.2 Å². The number of fused-ring (bicyclic) bond motifs is 6. The molecule has 25 heteroatoms. The number of rotatable bonds is 22. The summed E-state index contributed by atoms with van der Waals surface area (Å²) < 4.78 is 86.0. The zero-order valence-corrected chi connectivity index (χ0v) is 52.1. The van der Waals surface area contributed by atoms with Gasteiger partial charge in [-0.25, -0.2) is 0 Å². The molecule has 5 aromatic carbocycles. The molecule has 7 aromatic rings. The number of furan rings is 2. The molecule has 0 radical (unpaired) electrons. The molecule has 1 fully saturated rings. The molecule has 482 valence electrons. The van der Waals surface area contributed by atoms with Gasteiger partial charge in [-0.1, -0.05) is 13.8 Å². The maximum absolute atomic E-state index is 14.1. The molecule has 0 saturated carbocycles. The van der Waals surface area contributed by atoms with Crippen LogP contribution in [-0.4, -0.2) is 151 Å². The molecule has 7 heterocycles. The Bertz CT molecular complexity index is 3960. The largest absolute Gasteiger partial charge is 0.501 e. The van der Waals surface area contributed by atoms with Crippen molar-refractivity contribution in [3.8, 4) is 40.2 Å². The average Bonchev–Trinajstić information content (AvgIpc) is 1.60. The van der Waals surface area contributed by atoms with E-state index in [0.717, 1.165) is 51.0 Å². The molecular weight excluding hydrogens is 1210 g/mol. The van der Waals surface area contributed by atoms with Crippen LogP contribution >= 0.6 is 0 Å². The van der Waals surface area contributed by atoms with Crippen LogP contribution in [0.15, 0.2) is 128 Å². The quantitative estimate of drug-likeness (QED) is 0.0377. The van der Waals surface area contributed by atoms with E-state index in [1.165, 1.54) is 38.5 Å². The van der Waals surface area contributed by atoms with Crippen LogP contribution in [0.25, 0.3) is 0 Å². The van der Waals surface area contributed by atoms with E-state index in [-0.39, 0.29) is 72.3 Å². The van der Waals surface area contributed by atoms with E-state index in [1.807, 2.05) is 58.3 Å². The Hall–Kier alpha value is -9.08. The second-order valence-electron chi connectivity index (χ2n) is 24.4. The predicted molar refractivity (Wildman–Crippen MR) is 330 cm³/mol. The number of aliphatic hydroxyl groups excluding tert-OH is 4. The van der Waals surface area contributed by atoms with Gasteiger partial charge in [0.15, 0.2) is 40.3 Å². The van der Waals surface area contributed by atoms with Crippen molar-refractivity contribution in [3.05, 3.63) is 171 Å². The lowest BCUT2D eigenvalue weighted by atomic mass is 9.99. The molecule has 0 bridgehead atoms. The maximum atomic E-state index is 14.1. The molecule has 5 aliphatic heterocycles. The Morgan fingerprint density at radius 3 is 1.72 bits per heavy atom. The summed E-state index contributed by atoms with van der Waals surface area (Å²) in [6.45, 7) is 4.76. The predicted octanol–water partition coefficient (Wildman–Crippen LogP) is 7.50. The van der Waals surface area contributed by atoms with E-state index in [1.54, 1.807) is 71.2 Å². The van der Waals surface area contributed by atoms with E-state index in [2.05, 4.69) is 0 Å². The first kappa shape index (κ1) is 63.1. The summed E-state index contributed by atoms with van der Waals surface area (Å²) in [6, 6.07) is 26.0. The number of hydrogen-bond donors (Lipinski definition) is 4. The number of methoxy groups -OCH3 is 2. The molecular formula is C67H70N5O19S+. The summed E-state index contributed by atoms with van der Waals surface area (Å²) in [7, 11) is 2.14. The van der Waals surface area contributed by atoms with Crippen molar-refractivity contribution in [1.29, 1.82) is 0 Å². The molecule has 24 nitrogen and oxygen atoms in total. The van der Waals surface area contributed by atoms with Crippen molar-refractivity contribution in [2.75, 3.05) is 34.9 Å². The standard InChI is InChI=1S/C67H70N5O19S/c1-37(2)17-52(74)42-9-12-53(88-67-64(77)63(76)62(75)61(34-73)89-67)60(21-42)91-92(80,81)90-47-10-7-38(8-11-47)32-72(3,4)33-39-18-40(35-86-58-26-50-48(24-56(58)82-5)65(78)70-30-43-13-15-84-54(43)22-45(70)28-68-50)20-41(19-39)36-87-59-27-51-49(25-57(59)83-6)66(79)71-31-44-14-16-85-55(44)23-46(71)29-69-51/h7-16,18-21,24-29,37,45-46,61-64,67,73,75-77H,17,22-23,30-36H2,1-6H3/q+1/t45-,46-,61+,62-,63-,64+,67?/m0/s1. The van der Waals surface area contributed by atoms with Crippen LogP contribution in [0.2, 0.25) is 0 Å². The molecule has 2 amide bonds.